The molecule has 0 bridgehead atoms. The van der Waals surface area contributed by atoms with Gasteiger partial charge < -0.3 is 9.64 Å². The smallest absolute Gasteiger partial charge is 0.273 e. The molecule has 106 valence electrons. The zero-order valence-corrected chi connectivity index (χ0v) is 12.0. The number of likely N-dealkylation sites (N-methyl/N-ethyl adjacent to an activating group) is 1. The molecule has 0 saturated heterocycles. The van der Waals surface area contributed by atoms with E-state index >= 15 is 0 Å². The molecule has 1 aromatic carbocycles. The minimum atomic E-state index is -0.417. The molecule has 1 rings (SSSR count). The Bertz CT molecular complexity index is 421. The van der Waals surface area contributed by atoms with Gasteiger partial charge in [-0.1, -0.05) is 19.9 Å². The minimum Gasteiger partial charge on any atom is -0.492 e. The summed E-state index contributed by atoms with van der Waals surface area (Å²) in [6, 6.07) is 6.76. The van der Waals surface area contributed by atoms with Gasteiger partial charge in [-0.15, -0.1) is 0 Å². The van der Waals surface area contributed by atoms with Crippen LogP contribution in [-0.4, -0.2) is 36.1 Å². The van der Waals surface area contributed by atoms with E-state index in [1.807, 2.05) is 0 Å². The average Bonchev–Trinajstić information content (AvgIpc) is 2.37. The Balaban J connectivity index is 2.45. The van der Waals surface area contributed by atoms with E-state index in [1.54, 1.807) is 12.1 Å². The first-order chi connectivity index (χ1) is 8.91. The highest BCUT2D eigenvalue weighted by Crippen LogP contribution is 2.19. The highest BCUT2D eigenvalue weighted by atomic mass is 16.6. The second-order valence-corrected chi connectivity index (χ2v) is 5.07. The SMILES string of the molecule is CC(C)[C@@H](C)N(C)CCOc1cccc([N+](=O)[O-])c1. The van der Waals surface area contributed by atoms with Gasteiger partial charge in [0, 0.05) is 18.7 Å². The third-order valence-corrected chi connectivity index (χ3v) is 3.40. The van der Waals surface area contributed by atoms with Crippen LogP contribution in [0.3, 0.4) is 0 Å². The lowest BCUT2D eigenvalue weighted by molar-refractivity contribution is -0.384. The number of nitro groups is 1. The fraction of sp³-hybridized carbons (Fsp3) is 0.571. The van der Waals surface area contributed by atoms with E-state index in [4.69, 9.17) is 4.74 Å². The van der Waals surface area contributed by atoms with Crippen LogP contribution in [0, 0.1) is 16.0 Å². The molecule has 0 N–H and O–H groups in total. The van der Waals surface area contributed by atoms with E-state index in [0.717, 1.165) is 6.54 Å². The number of ether oxygens (including phenoxy) is 1. The van der Waals surface area contributed by atoms with Gasteiger partial charge in [0.15, 0.2) is 0 Å². The molecular formula is C14H22N2O3. The first-order valence-electron chi connectivity index (χ1n) is 6.49. The van der Waals surface area contributed by atoms with Crippen molar-refractivity contribution >= 4 is 5.69 Å². The van der Waals surface area contributed by atoms with Crippen molar-refractivity contribution in [3.05, 3.63) is 34.4 Å². The molecule has 5 heteroatoms. The normalized spacial score (nSPS) is 12.7. The maximum atomic E-state index is 10.6. The fourth-order valence-electron chi connectivity index (χ4n) is 1.71. The quantitative estimate of drug-likeness (QED) is 0.562. The molecule has 1 aromatic rings. The Morgan fingerprint density at radius 1 is 1.37 bits per heavy atom. The van der Waals surface area contributed by atoms with Crippen molar-refractivity contribution in [3.63, 3.8) is 0 Å². The molecule has 0 aliphatic heterocycles. The maximum absolute atomic E-state index is 10.6. The highest BCUT2D eigenvalue weighted by molar-refractivity contribution is 5.37. The van der Waals surface area contributed by atoms with Crippen molar-refractivity contribution in [1.82, 2.24) is 4.90 Å². The summed E-state index contributed by atoms with van der Waals surface area (Å²) in [5, 5.41) is 10.6. The van der Waals surface area contributed by atoms with Gasteiger partial charge in [0.1, 0.15) is 12.4 Å². The van der Waals surface area contributed by atoms with Crippen LogP contribution in [0.1, 0.15) is 20.8 Å². The molecule has 5 nitrogen and oxygen atoms in total. The molecule has 0 aliphatic carbocycles. The molecule has 0 radical (unpaired) electrons. The molecule has 19 heavy (non-hydrogen) atoms. The number of hydrogen-bond acceptors (Lipinski definition) is 4. The molecule has 0 unspecified atom stereocenters. The lowest BCUT2D eigenvalue weighted by Crippen LogP contribution is -2.36. The number of non-ortho nitro benzene ring substituents is 1. The summed E-state index contributed by atoms with van der Waals surface area (Å²) in [4.78, 5) is 12.4. The van der Waals surface area contributed by atoms with Crippen molar-refractivity contribution in [2.45, 2.75) is 26.8 Å². The standard InChI is InChI=1S/C14H22N2O3/c1-11(2)12(3)15(4)8-9-19-14-7-5-6-13(10-14)16(17)18/h5-7,10-12H,8-9H2,1-4H3/t12-/m1/s1. The summed E-state index contributed by atoms with van der Waals surface area (Å²) < 4.78 is 5.55. The third-order valence-electron chi connectivity index (χ3n) is 3.40. The Labute approximate surface area is 114 Å². The van der Waals surface area contributed by atoms with Crippen molar-refractivity contribution in [1.29, 1.82) is 0 Å². The number of nitro benzene ring substituents is 1. The number of nitrogens with zero attached hydrogens (tertiary/aromatic N) is 2. The largest absolute Gasteiger partial charge is 0.492 e. The van der Waals surface area contributed by atoms with E-state index in [9.17, 15) is 10.1 Å². The summed E-state index contributed by atoms with van der Waals surface area (Å²) in [5.74, 6) is 1.13. The van der Waals surface area contributed by atoms with Gasteiger partial charge in [-0.2, -0.15) is 0 Å². The molecule has 0 amide bonds. The first-order valence-corrected chi connectivity index (χ1v) is 6.49. The van der Waals surface area contributed by atoms with Crippen molar-refractivity contribution in [3.8, 4) is 5.75 Å². The van der Waals surface area contributed by atoms with E-state index < -0.39 is 4.92 Å². The van der Waals surface area contributed by atoms with Crippen LogP contribution in [0.25, 0.3) is 0 Å². The van der Waals surface area contributed by atoms with E-state index in [-0.39, 0.29) is 5.69 Å². The van der Waals surface area contributed by atoms with Gasteiger partial charge in [0.25, 0.3) is 5.69 Å². The molecule has 0 aromatic heterocycles. The maximum Gasteiger partial charge on any atom is 0.273 e. The van der Waals surface area contributed by atoms with Crippen LogP contribution >= 0.6 is 0 Å². The Kier molecular flexibility index (Phi) is 5.76. The second-order valence-electron chi connectivity index (χ2n) is 5.07. The van der Waals surface area contributed by atoms with Crippen LogP contribution in [0.4, 0.5) is 5.69 Å². The Hall–Kier alpha value is -1.62. The number of rotatable bonds is 7. The topological polar surface area (TPSA) is 55.6 Å². The fourth-order valence-corrected chi connectivity index (χ4v) is 1.71. The summed E-state index contributed by atoms with van der Waals surface area (Å²) in [7, 11) is 2.06. The van der Waals surface area contributed by atoms with Crippen LogP contribution < -0.4 is 4.74 Å². The Morgan fingerprint density at radius 3 is 2.63 bits per heavy atom. The summed E-state index contributed by atoms with van der Waals surface area (Å²) in [6.45, 7) is 7.86. The van der Waals surface area contributed by atoms with E-state index in [2.05, 4.69) is 32.7 Å². The third kappa shape index (κ3) is 4.87. The molecule has 0 aliphatic rings. The van der Waals surface area contributed by atoms with Gasteiger partial charge in [0.05, 0.1) is 11.0 Å². The van der Waals surface area contributed by atoms with E-state index in [1.165, 1.54) is 12.1 Å². The van der Waals surface area contributed by atoms with Gasteiger partial charge in [-0.25, -0.2) is 0 Å². The summed E-state index contributed by atoms with van der Waals surface area (Å²) >= 11 is 0. The van der Waals surface area contributed by atoms with Gasteiger partial charge in [0.2, 0.25) is 0 Å². The predicted octanol–water partition coefficient (Wildman–Crippen LogP) is 2.95. The van der Waals surface area contributed by atoms with Gasteiger partial charge in [-0.05, 0) is 26.0 Å². The van der Waals surface area contributed by atoms with Crippen LogP contribution in [0.2, 0.25) is 0 Å². The highest BCUT2D eigenvalue weighted by Gasteiger charge is 2.13. The molecule has 0 heterocycles. The lowest BCUT2D eigenvalue weighted by atomic mass is 10.1. The molecule has 0 saturated carbocycles. The zero-order chi connectivity index (χ0) is 14.4. The summed E-state index contributed by atoms with van der Waals surface area (Å²) in [5.41, 5.74) is 0.0569. The first kappa shape index (κ1) is 15.4. The monoisotopic (exact) mass is 266 g/mol. The van der Waals surface area contributed by atoms with Crippen molar-refractivity contribution in [2.75, 3.05) is 20.2 Å². The Morgan fingerprint density at radius 2 is 2.05 bits per heavy atom. The lowest BCUT2D eigenvalue weighted by Gasteiger charge is -2.27. The predicted molar refractivity (Wildman–Crippen MR) is 75.5 cm³/mol. The van der Waals surface area contributed by atoms with Crippen LogP contribution in [-0.2, 0) is 0 Å². The molecule has 0 fully saturated rings. The minimum absolute atomic E-state index is 0.0569. The molecule has 1 atom stereocenters. The van der Waals surface area contributed by atoms with Gasteiger partial charge >= 0.3 is 0 Å². The van der Waals surface area contributed by atoms with Crippen molar-refractivity contribution in [2.24, 2.45) is 5.92 Å². The average molecular weight is 266 g/mol. The van der Waals surface area contributed by atoms with Crippen LogP contribution in [0.15, 0.2) is 24.3 Å². The molecule has 0 spiro atoms. The van der Waals surface area contributed by atoms with Crippen molar-refractivity contribution < 1.29 is 9.66 Å². The zero-order valence-electron chi connectivity index (χ0n) is 12.0. The van der Waals surface area contributed by atoms with E-state index in [0.29, 0.717) is 24.3 Å². The number of hydrogen-bond donors (Lipinski definition) is 0. The second kappa shape index (κ2) is 7.09. The van der Waals surface area contributed by atoms with Crippen LogP contribution in [0.5, 0.6) is 5.75 Å². The van der Waals surface area contributed by atoms with Gasteiger partial charge in [-0.3, -0.25) is 10.1 Å². The number of benzene rings is 1. The molecular weight excluding hydrogens is 244 g/mol. The summed E-state index contributed by atoms with van der Waals surface area (Å²) in [6.07, 6.45) is 0.